The highest BCUT2D eigenvalue weighted by Crippen LogP contribution is 2.29. The first-order chi connectivity index (χ1) is 7.19. The lowest BCUT2D eigenvalue weighted by Crippen LogP contribution is -2.36. The Hall–Kier alpha value is -0.300. The zero-order valence-electron chi connectivity index (χ0n) is 9.13. The average Bonchev–Trinajstić information content (AvgIpc) is 2.06. The Morgan fingerprint density at radius 2 is 1.62 bits per heavy atom. The lowest BCUT2D eigenvalue weighted by atomic mass is 10.1. The zero-order chi connectivity index (χ0) is 12.8. The van der Waals surface area contributed by atoms with Crippen molar-refractivity contribution in [2.75, 3.05) is 0 Å². The highest BCUT2D eigenvalue weighted by atomic mass is 32.2. The minimum absolute atomic E-state index is 0.157. The smallest absolute Gasteiger partial charge is 0.285 e. The fraction of sp³-hybridized carbons (Fsp3) is 1.00. The standard InChI is InChI=1S/C9H17F3O3S/c1-2-3-4-5-6-7-8(9(10,11)12)16(13,14)15/h8H,2-7H2,1H3,(H,13,14,15). The summed E-state index contributed by atoms with van der Waals surface area (Å²) in [6.07, 6.45) is -2.08. The SMILES string of the molecule is CCCCCCCC(C(F)(F)F)S(=O)(=O)O. The molecule has 0 aliphatic carbocycles. The molecule has 0 saturated carbocycles. The van der Waals surface area contributed by atoms with Crippen molar-refractivity contribution in [3.8, 4) is 0 Å². The van der Waals surface area contributed by atoms with Gasteiger partial charge in [-0.3, -0.25) is 4.55 Å². The molecule has 0 aromatic carbocycles. The molecule has 16 heavy (non-hydrogen) atoms. The summed E-state index contributed by atoms with van der Waals surface area (Å²) in [6.45, 7) is 1.97. The second kappa shape index (κ2) is 6.44. The van der Waals surface area contributed by atoms with Gasteiger partial charge in [-0.15, -0.1) is 0 Å². The second-order valence-electron chi connectivity index (χ2n) is 3.75. The van der Waals surface area contributed by atoms with Gasteiger partial charge in [0.1, 0.15) is 0 Å². The summed E-state index contributed by atoms with van der Waals surface area (Å²) in [4.78, 5) is 0. The van der Waals surface area contributed by atoms with Crippen LogP contribution in [0.3, 0.4) is 0 Å². The van der Waals surface area contributed by atoms with Crippen molar-refractivity contribution in [3.05, 3.63) is 0 Å². The first-order valence-corrected chi connectivity index (χ1v) is 6.73. The Kier molecular flexibility index (Phi) is 6.32. The van der Waals surface area contributed by atoms with E-state index in [1.54, 1.807) is 0 Å². The van der Waals surface area contributed by atoms with Crippen molar-refractivity contribution in [1.29, 1.82) is 0 Å². The highest BCUT2D eigenvalue weighted by molar-refractivity contribution is 7.86. The van der Waals surface area contributed by atoms with Crippen molar-refractivity contribution in [2.45, 2.75) is 56.9 Å². The third-order valence-electron chi connectivity index (χ3n) is 2.29. The predicted molar refractivity (Wildman–Crippen MR) is 54.8 cm³/mol. The maximum absolute atomic E-state index is 12.3. The summed E-state index contributed by atoms with van der Waals surface area (Å²) < 4.78 is 66.3. The molecule has 3 nitrogen and oxygen atoms in total. The molecule has 0 heterocycles. The third-order valence-corrected chi connectivity index (χ3v) is 3.52. The fourth-order valence-corrected chi connectivity index (χ4v) is 2.22. The molecule has 0 saturated heterocycles. The molecule has 0 fully saturated rings. The maximum Gasteiger partial charge on any atom is 0.407 e. The number of hydrogen-bond donors (Lipinski definition) is 1. The molecule has 0 spiro atoms. The molecule has 7 heteroatoms. The zero-order valence-corrected chi connectivity index (χ0v) is 9.94. The van der Waals surface area contributed by atoms with Crippen molar-refractivity contribution < 1.29 is 26.1 Å². The van der Waals surface area contributed by atoms with Gasteiger partial charge >= 0.3 is 6.18 Å². The van der Waals surface area contributed by atoms with E-state index in [-0.39, 0.29) is 6.42 Å². The Balaban J connectivity index is 4.17. The van der Waals surface area contributed by atoms with E-state index in [2.05, 4.69) is 0 Å². The molecule has 0 amide bonds. The summed E-state index contributed by atoms with van der Waals surface area (Å²) in [5.74, 6) is 0. The van der Waals surface area contributed by atoms with E-state index in [1.807, 2.05) is 6.92 Å². The Labute approximate surface area is 93.8 Å². The van der Waals surface area contributed by atoms with Crippen LogP contribution < -0.4 is 0 Å². The fourth-order valence-electron chi connectivity index (χ4n) is 1.41. The highest BCUT2D eigenvalue weighted by Gasteiger charge is 2.47. The van der Waals surface area contributed by atoms with Crippen LogP contribution in [0.4, 0.5) is 13.2 Å². The molecule has 0 bridgehead atoms. The van der Waals surface area contributed by atoms with Crippen LogP contribution in [0.1, 0.15) is 45.4 Å². The van der Waals surface area contributed by atoms with Gasteiger partial charge in [-0.2, -0.15) is 21.6 Å². The Bertz CT molecular complexity index is 285. The third kappa shape index (κ3) is 6.32. The molecule has 1 N–H and O–H groups in total. The van der Waals surface area contributed by atoms with E-state index < -0.39 is 28.0 Å². The number of rotatable bonds is 7. The number of halogens is 3. The quantitative estimate of drug-likeness (QED) is 0.566. The van der Waals surface area contributed by atoms with Gasteiger partial charge in [-0.05, 0) is 6.42 Å². The molecule has 0 aromatic rings. The van der Waals surface area contributed by atoms with Crippen LogP contribution in [-0.4, -0.2) is 24.4 Å². The van der Waals surface area contributed by atoms with Gasteiger partial charge in [0.15, 0.2) is 5.25 Å². The number of hydrogen-bond acceptors (Lipinski definition) is 2. The molecule has 98 valence electrons. The monoisotopic (exact) mass is 262 g/mol. The Morgan fingerprint density at radius 3 is 2.00 bits per heavy atom. The molecular formula is C9H17F3O3S. The molecule has 0 rings (SSSR count). The lowest BCUT2D eigenvalue weighted by Gasteiger charge is -2.16. The van der Waals surface area contributed by atoms with Gasteiger partial charge in [-0.1, -0.05) is 39.0 Å². The molecule has 0 radical (unpaired) electrons. The number of alkyl halides is 3. The van der Waals surface area contributed by atoms with E-state index in [0.29, 0.717) is 6.42 Å². The van der Waals surface area contributed by atoms with E-state index in [9.17, 15) is 21.6 Å². The van der Waals surface area contributed by atoms with Gasteiger partial charge in [0.05, 0.1) is 0 Å². The van der Waals surface area contributed by atoms with E-state index >= 15 is 0 Å². The predicted octanol–water partition coefficient (Wildman–Crippen LogP) is 3.17. The van der Waals surface area contributed by atoms with Crippen LogP contribution in [0.2, 0.25) is 0 Å². The first kappa shape index (κ1) is 15.7. The van der Waals surface area contributed by atoms with E-state index in [1.165, 1.54) is 0 Å². The average molecular weight is 262 g/mol. The summed E-state index contributed by atoms with van der Waals surface area (Å²) in [6, 6.07) is 0. The van der Waals surface area contributed by atoms with E-state index in [4.69, 9.17) is 4.55 Å². The second-order valence-corrected chi connectivity index (χ2v) is 5.35. The molecule has 0 aliphatic heterocycles. The molecule has 1 unspecified atom stereocenters. The van der Waals surface area contributed by atoms with Crippen molar-refractivity contribution in [1.82, 2.24) is 0 Å². The summed E-state index contributed by atoms with van der Waals surface area (Å²) in [7, 11) is -5.04. The van der Waals surface area contributed by atoms with Crippen LogP contribution in [0.15, 0.2) is 0 Å². The van der Waals surface area contributed by atoms with Gasteiger partial charge in [0, 0.05) is 0 Å². The molecule has 1 atom stereocenters. The topological polar surface area (TPSA) is 54.4 Å². The molecular weight excluding hydrogens is 245 g/mol. The van der Waals surface area contributed by atoms with Crippen molar-refractivity contribution in [3.63, 3.8) is 0 Å². The summed E-state index contributed by atoms with van der Waals surface area (Å²) >= 11 is 0. The Morgan fingerprint density at radius 1 is 1.12 bits per heavy atom. The number of unbranched alkanes of at least 4 members (excludes halogenated alkanes) is 4. The van der Waals surface area contributed by atoms with Crippen LogP contribution in [0.5, 0.6) is 0 Å². The molecule has 0 aliphatic rings. The minimum Gasteiger partial charge on any atom is -0.285 e. The van der Waals surface area contributed by atoms with Crippen LogP contribution in [0.25, 0.3) is 0 Å². The van der Waals surface area contributed by atoms with Crippen molar-refractivity contribution in [2.24, 2.45) is 0 Å². The normalized spacial score (nSPS) is 15.1. The van der Waals surface area contributed by atoms with Gasteiger partial charge < -0.3 is 0 Å². The summed E-state index contributed by atoms with van der Waals surface area (Å²) in [5.41, 5.74) is 0. The van der Waals surface area contributed by atoms with Crippen molar-refractivity contribution >= 4 is 10.1 Å². The minimum atomic E-state index is -5.04. The largest absolute Gasteiger partial charge is 0.407 e. The summed E-state index contributed by atoms with van der Waals surface area (Å²) in [5, 5.41) is -2.64. The van der Waals surface area contributed by atoms with Crippen LogP contribution in [0, 0.1) is 0 Å². The van der Waals surface area contributed by atoms with Gasteiger partial charge in [0.25, 0.3) is 10.1 Å². The van der Waals surface area contributed by atoms with E-state index in [0.717, 1.165) is 19.3 Å². The maximum atomic E-state index is 12.3. The van der Waals surface area contributed by atoms with Gasteiger partial charge in [0.2, 0.25) is 0 Å². The van der Waals surface area contributed by atoms with Crippen LogP contribution in [-0.2, 0) is 10.1 Å². The van der Waals surface area contributed by atoms with Crippen LogP contribution >= 0.6 is 0 Å². The lowest BCUT2D eigenvalue weighted by molar-refractivity contribution is -0.132. The molecule has 0 aromatic heterocycles. The van der Waals surface area contributed by atoms with Gasteiger partial charge in [-0.25, -0.2) is 0 Å². The first-order valence-electron chi connectivity index (χ1n) is 5.22.